The van der Waals surface area contributed by atoms with Crippen LogP contribution in [0.3, 0.4) is 0 Å². The maximum absolute atomic E-state index is 12.3. The zero-order chi connectivity index (χ0) is 18.1. The molecule has 0 aliphatic heterocycles. The summed E-state index contributed by atoms with van der Waals surface area (Å²) in [6, 6.07) is 11.4. The molecule has 1 aromatic carbocycles. The van der Waals surface area contributed by atoms with Gasteiger partial charge in [0.05, 0.1) is 0 Å². The van der Waals surface area contributed by atoms with Crippen molar-refractivity contribution in [3.05, 3.63) is 65.5 Å². The average molecular weight is 340 g/mol. The van der Waals surface area contributed by atoms with E-state index in [-0.39, 0.29) is 0 Å². The lowest BCUT2D eigenvalue weighted by atomic mass is 10.1. The lowest BCUT2D eigenvalue weighted by Gasteiger charge is -2.20. The van der Waals surface area contributed by atoms with Crippen LogP contribution in [-0.4, -0.2) is 34.8 Å². The van der Waals surface area contributed by atoms with Gasteiger partial charge in [0.15, 0.2) is 0 Å². The van der Waals surface area contributed by atoms with Gasteiger partial charge in [0.25, 0.3) is 0 Å². The second kappa shape index (κ2) is 9.54. The van der Waals surface area contributed by atoms with E-state index in [2.05, 4.69) is 10.3 Å². The Morgan fingerprint density at radius 2 is 1.84 bits per heavy atom. The molecule has 3 N–H and O–H groups in total. The van der Waals surface area contributed by atoms with Crippen LogP contribution in [0.2, 0.25) is 0 Å². The molecule has 0 bridgehead atoms. The fraction of sp³-hybridized carbons (Fsp3) is 0.316. The summed E-state index contributed by atoms with van der Waals surface area (Å²) in [7, 11) is 0. The molecule has 0 spiro atoms. The summed E-state index contributed by atoms with van der Waals surface area (Å²) in [6.45, 7) is 3.59. The molecule has 2 amide bonds. The van der Waals surface area contributed by atoms with E-state index < -0.39 is 11.8 Å². The first-order valence-corrected chi connectivity index (χ1v) is 8.38. The number of amides is 2. The van der Waals surface area contributed by atoms with E-state index in [0.717, 1.165) is 16.7 Å². The van der Waals surface area contributed by atoms with E-state index in [0.29, 0.717) is 32.6 Å². The molecule has 6 nitrogen and oxygen atoms in total. The number of carbonyl (C=O) groups excluding carboxylic acids is 2. The monoisotopic (exact) mass is 340 g/mol. The number of rotatable bonds is 7. The summed E-state index contributed by atoms with van der Waals surface area (Å²) in [5.74, 6) is -1.10. The van der Waals surface area contributed by atoms with Crippen LogP contribution >= 0.6 is 0 Å². The molecular formula is C19H24N4O2. The maximum Gasteiger partial charge on any atom is 0.311 e. The number of nitrogens with two attached hydrogens (primary N) is 1. The van der Waals surface area contributed by atoms with Gasteiger partial charge in [0.1, 0.15) is 0 Å². The lowest BCUT2D eigenvalue weighted by Crippen LogP contribution is -2.43. The molecule has 132 valence electrons. The first-order chi connectivity index (χ1) is 12.1. The molecular weight excluding hydrogens is 316 g/mol. The van der Waals surface area contributed by atoms with Crippen molar-refractivity contribution in [2.75, 3.05) is 13.1 Å². The Kier molecular flexibility index (Phi) is 7.10. The Balaban J connectivity index is 1.87. The zero-order valence-electron chi connectivity index (χ0n) is 14.4. The van der Waals surface area contributed by atoms with Gasteiger partial charge in [-0.15, -0.1) is 0 Å². The number of aromatic nitrogens is 1. The van der Waals surface area contributed by atoms with Crippen LogP contribution < -0.4 is 11.1 Å². The molecule has 0 radical (unpaired) electrons. The van der Waals surface area contributed by atoms with Gasteiger partial charge < -0.3 is 16.0 Å². The van der Waals surface area contributed by atoms with Crippen LogP contribution in [0.1, 0.15) is 23.6 Å². The largest absolute Gasteiger partial charge is 0.344 e. The topological polar surface area (TPSA) is 88.3 Å². The number of carbonyl (C=O) groups is 2. The van der Waals surface area contributed by atoms with E-state index >= 15 is 0 Å². The van der Waals surface area contributed by atoms with Crippen molar-refractivity contribution in [3.8, 4) is 0 Å². The second-order valence-corrected chi connectivity index (χ2v) is 5.70. The predicted molar refractivity (Wildman–Crippen MR) is 96.4 cm³/mol. The Labute approximate surface area is 148 Å². The molecule has 0 aliphatic rings. The maximum atomic E-state index is 12.3. The summed E-state index contributed by atoms with van der Waals surface area (Å²) in [5.41, 5.74) is 8.61. The van der Waals surface area contributed by atoms with Gasteiger partial charge in [0.2, 0.25) is 0 Å². The molecule has 0 fully saturated rings. The molecule has 2 rings (SSSR count). The normalized spacial score (nSPS) is 10.3. The highest BCUT2D eigenvalue weighted by Gasteiger charge is 2.20. The number of likely N-dealkylation sites (N-methyl/N-ethyl adjacent to an activating group) is 1. The minimum Gasteiger partial charge on any atom is -0.344 e. The molecule has 0 atom stereocenters. The number of hydrogen-bond donors (Lipinski definition) is 2. The highest BCUT2D eigenvalue weighted by atomic mass is 16.2. The van der Waals surface area contributed by atoms with Crippen molar-refractivity contribution < 1.29 is 9.59 Å². The van der Waals surface area contributed by atoms with Crippen molar-refractivity contribution in [2.45, 2.75) is 26.4 Å². The molecule has 0 saturated carbocycles. The van der Waals surface area contributed by atoms with Crippen molar-refractivity contribution in [1.29, 1.82) is 0 Å². The molecule has 1 aromatic heterocycles. The van der Waals surface area contributed by atoms with Crippen LogP contribution in [0.15, 0.2) is 48.8 Å². The van der Waals surface area contributed by atoms with Gasteiger partial charge in [-0.05, 0) is 42.2 Å². The molecule has 0 aliphatic carbocycles. The fourth-order valence-corrected chi connectivity index (χ4v) is 2.48. The first kappa shape index (κ1) is 18.6. The fourth-order valence-electron chi connectivity index (χ4n) is 2.48. The summed E-state index contributed by atoms with van der Waals surface area (Å²) < 4.78 is 0. The highest BCUT2D eigenvalue weighted by molar-refractivity contribution is 6.34. The van der Waals surface area contributed by atoms with Crippen molar-refractivity contribution in [3.63, 3.8) is 0 Å². The van der Waals surface area contributed by atoms with Crippen LogP contribution in [0.5, 0.6) is 0 Å². The molecule has 2 aromatic rings. The lowest BCUT2D eigenvalue weighted by molar-refractivity contribution is -0.145. The summed E-state index contributed by atoms with van der Waals surface area (Å²) in [6.07, 6.45) is 4.12. The SMILES string of the molecule is CCN(CCc1ccncc1)C(=O)C(=O)NCc1cccc(CN)c1. The smallest absolute Gasteiger partial charge is 0.311 e. The van der Waals surface area contributed by atoms with E-state index in [4.69, 9.17) is 5.73 Å². The minimum atomic E-state index is -0.588. The third kappa shape index (κ3) is 5.69. The van der Waals surface area contributed by atoms with Gasteiger partial charge in [-0.2, -0.15) is 0 Å². The number of benzene rings is 1. The van der Waals surface area contributed by atoms with E-state index in [9.17, 15) is 9.59 Å². The molecule has 0 saturated heterocycles. The first-order valence-electron chi connectivity index (χ1n) is 8.38. The quantitative estimate of drug-likeness (QED) is 0.743. The third-order valence-corrected chi connectivity index (χ3v) is 3.96. The average Bonchev–Trinajstić information content (AvgIpc) is 2.67. The van der Waals surface area contributed by atoms with Crippen molar-refractivity contribution in [1.82, 2.24) is 15.2 Å². The van der Waals surface area contributed by atoms with E-state index in [1.54, 1.807) is 17.3 Å². The van der Waals surface area contributed by atoms with Gasteiger partial charge >= 0.3 is 11.8 Å². The Morgan fingerprint density at radius 1 is 1.12 bits per heavy atom. The number of nitrogens with one attached hydrogen (secondary N) is 1. The zero-order valence-corrected chi connectivity index (χ0v) is 14.4. The van der Waals surface area contributed by atoms with Gasteiger partial charge in [-0.1, -0.05) is 24.3 Å². The standard InChI is InChI=1S/C19H24N4O2/c1-2-23(11-8-15-6-9-21-10-7-15)19(25)18(24)22-14-17-5-3-4-16(12-17)13-20/h3-7,9-10,12H,2,8,11,13-14,20H2,1H3,(H,22,24). The summed E-state index contributed by atoms with van der Waals surface area (Å²) in [5, 5.41) is 2.68. The molecule has 0 unspecified atom stereocenters. The number of nitrogens with zero attached hydrogens (tertiary/aromatic N) is 2. The van der Waals surface area contributed by atoms with E-state index in [1.165, 1.54) is 0 Å². The Hall–Kier alpha value is -2.73. The molecule has 6 heteroatoms. The summed E-state index contributed by atoms with van der Waals surface area (Å²) in [4.78, 5) is 30.0. The summed E-state index contributed by atoms with van der Waals surface area (Å²) >= 11 is 0. The van der Waals surface area contributed by atoms with Gasteiger partial charge in [-0.25, -0.2) is 0 Å². The third-order valence-electron chi connectivity index (χ3n) is 3.96. The number of pyridine rings is 1. The van der Waals surface area contributed by atoms with Crippen molar-refractivity contribution >= 4 is 11.8 Å². The minimum absolute atomic E-state index is 0.306. The highest BCUT2D eigenvalue weighted by Crippen LogP contribution is 2.05. The van der Waals surface area contributed by atoms with Crippen LogP contribution in [0.25, 0.3) is 0 Å². The van der Waals surface area contributed by atoms with Gasteiger partial charge in [-0.3, -0.25) is 14.6 Å². The van der Waals surface area contributed by atoms with Crippen molar-refractivity contribution in [2.24, 2.45) is 5.73 Å². The van der Waals surface area contributed by atoms with Gasteiger partial charge in [0, 0.05) is 38.6 Å². The van der Waals surface area contributed by atoms with Crippen LogP contribution in [-0.2, 0) is 29.1 Å². The Morgan fingerprint density at radius 3 is 2.52 bits per heavy atom. The number of hydrogen-bond acceptors (Lipinski definition) is 4. The molecule has 25 heavy (non-hydrogen) atoms. The Bertz CT molecular complexity index is 704. The molecule has 1 heterocycles. The van der Waals surface area contributed by atoms with E-state index in [1.807, 2.05) is 43.3 Å². The van der Waals surface area contributed by atoms with Crippen LogP contribution in [0.4, 0.5) is 0 Å². The van der Waals surface area contributed by atoms with Crippen LogP contribution in [0, 0.1) is 0 Å². The second-order valence-electron chi connectivity index (χ2n) is 5.70. The predicted octanol–water partition coefficient (Wildman–Crippen LogP) is 1.25.